The molecule has 1 aliphatic rings. The van der Waals surface area contributed by atoms with Gasteiger partial charge in [-0.05, 0) is 30.4 Å². The molecule has 2 N–H and O–H groups in total. The van der Waals surface area contributed by atoms with E-state index in [9.17, 15) is 22.0 Å². The first-order chi connectivity index (χ1) is 9.61. The van der Waals surface area contributed by atoms with Gasteiger partial charge in [0.15, 0.2) is 5.82 Å². The minimum atomic E-state index is -4.44. The van der Waals surface area contributed by atoms with Gasteiger partial charge >= 0.3 is 0 Å². The van der Waals surface area contributed by atoms with Crippen molar-refractivity contribution in [3.8, 4) is 0 Å². The molecule has 8 heteroatoms. The second-order valence-corrected chi connectivity index (χ2v) is 7.00. The first kappa shape index (κ1) is 15.8. The van der Waals surface area contributed by atoms with Crippen molar-refractivity contribution in [3.05, 3.63) is 29.3 Å². The van der Waals surface area contributed by atoms with Gasteiger partial charge in [0.1, 0.15) is 10.7 Å². The average molecular weight is 318 g/mol. The number of nitrogens with zero attached hydrogens (tertiary/aromatic N) is 1. The van der Waals surface area contributed by atoms with Gasteiger partial charge in [-0.15, -0.1) is 0 Å². The van der Waals surface area contributed by atoms with E-state index in [4.69, 9.17) is 5.14 Å². The van der Waals surface area contributed by atoms with E-state index in [0.29, 0.717) is 30.5 Å². The first-order valence-corrected chi connectivity index (χ1v) is 7.93. The van der Waals surface area contributed by atoms with Gasteiger partial charge in [0, 0.05) is 13.6 Å². The fourth-order valence-electron chi connectivity index (χ4n) is 2.22. The van der Waals surface area contributed by atoms with Crippen LogP contribution in [0.1, 0.15) is 23.7 Å². The zero-order chi connectivity index (χ0) is 15.9. The molecule has 0 bridgehead atoms. The highest BCUT2D eigenvalue weighted by atomic mass is 32.2. The lowest BCUT2D eigenvalue weighted by molar-refractivity contribution is 0.0781. The van der Waals surface area contributed by atoms with Crippen LogP contribution in [0.25, 0.3) is 0 Å². The summed E-state index contributed by atoms with van der Waals surface area (Å²) in [5.41, 5.74) is -0.630. The van der Waals surface area contributed by atoms with Crippen LogP contribution in [0, 0.1) is 23.5 Å². The Balaban J connectivity index is 2.34. The quantitative estimate of drug-likeness (QED) is 0.909. The SMILES string of the molecule is CC1CC1CN(C)C(=O)c1cc(F)cc(S(N)(=O)=O)c1F. The maximum atomic E-state index is 14.1. The third kappa shape index (κ3) is 3.38. The lowest BCUT2D eigenvalue weighted by Gasteiger charge is -2.18. The normalized spacial score (nSPS) is 21.2. The number of sulfonamides is 1. The van der Waals surface area contributed by atoms with E-state index in [1.807, 2.05) is 6.92 Å². The van der Waals surface area contributed by atoms with Crippen molar-refractivity contribution in [2.24, 2.45) is 17.0 Å². The number of carbonyl (C=O) groups is 1. The number of primary sulfonamides is 1. The van der Waals surface area contributed by atoms with Crippen LogP contribution in [0.2, 0.25) is 0 Å². The maximum Gasteiger partial charge on any atom is 0.256 e. The Morgan fingerprint density at radius 2 is 2.00 bits per heavy atom. The molecule has 0 radical (unpaired) electrons. The zero-order valence-electron chi connectivity index (χ0n) is 11.6. The van der Waals surface area contributed by atoms with Crippen LogP contribution >= 0.6 is 0 Å². The van der Waals surface area contributed by atoms with Gasteiger partial charge < -0.3 is 4.90 Å². The Labute approximate surface area is 121 Å². The van der Waals surface area contributed by atoms with Gasteiger partial charge in [-0.25, -0.2) is 22.3 Å². The predicted octanol–water partition coefficient (Wildman–Crippen LogP) is 1.34. The summed E-state index contributed by atoms with van der Waals surface area (Å²) >= 11 is 0. The van der Waals surface area contributed by atoms with E-state index in [0.717, 1.165) is 6.42 Å². The van der Waals surface area contributed by atoms with Gasteiger partial charge in [-0.2, -0.15) is 0 Å². The molecule has 5 nitrogen and oxygen atoms in total. The number of nitrogens with two attached hydrogens (primary N) is 1. The van der Waals surface area contributed by atoms with E-state index < -0.39 is 38.0 Å². The molecule has 1 saturated carbocycles. The Kier molecular flexibility index (Phi) is 4.03. The van der Waals surface area contributed by atoms with Crippen molar-refractivity contribution in [2.45, 2.75) is 18.2 Å². The van der Waals surface area contributed by atoms with Crippen molar-refractivity contribution >= 4 is 15.9 Å². The molecule has 0 aromatic heterocycles. The smallest absolute Gasteiger partial charge is 0.256 e. The highest BCUT2D eigenvalue weighted by Gasteiger charge is 2.35. The van der Waals surface area contributed by atoms with Gasteiger partial charge in [0.25, 0.3) is 5.91 Å². The Bertz CT molecular complexity index is 691. The standard InChI is InChI=1S/C13H16F2N2O3S/c1-7-3-8(7)6-17(2)13(18)10-4-9(14)5-11(12(10)15)21(16,19)20/h4-5,7-8H,3,6H2,1-2H3,(H2,16,19,20). The van der Waals surface area contributed by atoms with Crippen LogP contribution in [-0.4, -0.2) is 32.8 Å². The molecule has 1 amide bonds. The highest BCUT2D eigenvalue weighted by molar-refractivity contribution is 7.89. The van der Waals surface area contributed by atoms with Gasteiger partial charge in [0.05, 0.1) is 5.56 Å². The summed E-state index contributed by atoms with van der Waals surface area (Å²) in [4.78, 5) is 12.4. The predicted molar refractivity (Wildman–Crippen MR) is 72.0 cm³/mol. The number of halogens is 2. The van der Waals surface area contributed by atoms with Crippen molar-refractivity contribution in [1.82, 2.24) is 4.90 Å². The molecule has 0 spiro atoms. The molecule has 1 aromatic carbocycles. The zero-order valence-corrected chi connectivity index (χ0v) is 12.5. The molecule has 2 rings (SSSR count). The number of rotatable bonds is 4. The topological polar surface area (TPSA) is 80.5 Å². The fourth-order valence-corrected chi connectivity index (χ4v) is 2.86. The number of hydrogen-bond donors (Lipinski definition) is 1. The molecule has 2 atom stereocenters. The van der Waals surface area contributed by atoms with Gasteiger partial charge in [-0.1, -0.05) is 6.92 Å². The molecule has 0 saturated heterocycles. The minimum Gasteiger partial charge on any atom is -0.341 e. The summed E-state index contributed by atoms with van der Waals surface area (Å²) in [6, 6.07) is 1.14. The number of amides is 1. The van der Waals surface area contributed by atoms with Gasteiger partial charge in [-0.3, -0.25) is 4.79 Å². The van der Waals surface area contributed by atoms with E-state index >= 15 is 0 Å². The summed E-state index contributed by atoms with van der Waals surface area (Å²) < 4.78 is 50.0. The van der Waals surface area contributed by atoms with Crippen molar-refractivity contribution in [1.29, 1.82) is 0 Å². The number of benzene rings is 1. The summed E-state index contributed by atoms with van der Waals surface area (Å²) in [5, 5.41) is 4.82. The number of hydrogen-bond acceptors (Lipinski definition) is 3. The molecular weight excluding hydrogens is 302 g/mol. The van der Waals surface area contributed by atoms with E-state index in [-0.39, 0.29) is 0 Å². The third-order valence-corrected chi connectivity index (χ3v) is 4.58. The van der Waals surface area contributed by atoms with Crippen LogP contribution in [0.5, 0.6) is 0 Å². The average Bonchev–Trinajstić information content (AvgIpc) is 3.05. The van der Waals surface area contributed by atoms with Crippen LogP contribution in [0.3, 0.4) is 0 Å². The summed E-state index contributed by atoms with van der Waals surface area (Å²) in [6.45, 7) is 2.45. The van der Waals surface area contributed by atoms with E-state index in [1.165, 1.54) is 11.9 Å². The highest BCUT2D eigenvalue weighted by Crippen LogP contribution is 2.38. The molecular formula is C13H16F2N2O3S. The maximum absolute atomic E-state index is 14.1. The molecule has 2 unspecified atom stereocenters. The van der Waals surface area contributed by atoms with Crippen LogP contribution in [-0.2, 0) is 10.0 Å². The molecule has 21 heavy (non-hydrogen) atoms. The van der Waals surface area contributed by atoms with Gasteiger partial charge in [0.2, 0.25) is 10.0 Å². The largest absolute Gasteiger partial charge is 0.341 e. The molecule has 1 aliphatic carbocycles. The molecule has 0 heterocycles. The van der Waals surface area contributed by atoms with Crippen LogP contribution in [0.15, 0.2) is 17.0 Å². The fraction of sp³-hybridized carbons (Fsp3) is 0.462. The Morgan fingerprint density at radius 3 is 2.48 bits per heavy atom. The first-order valence-electron chi connectivity index (χ1n) is 6.38. The summed E-state index contributed by atoms with van der Waals surface area (Å²) in [6.07, 6.45) is 0.978. The monoisotopic (exact) mass is 318 g/mol. The van der Waals surface area contributed by atoms with Crippen LogP contribution < -0.4 is 5.14 Å². The molecule has 116 valence electrons. The Hall–Kier alpha value is -1.54. The van der Waals surface area contributed by atoms with Crippen molar-refractivity contribution < 1.29 is 22.0 Å². The lowest BCUT2D eigenvalue weighted by Crippen LogP contribution is -2.30. The second kappa shape index (κ2) is 5.34. The van der Waals surface area contributed by atoms with Crippen molar-refractivity contribution in [3.63, 3.8) is 0 Å². The van der Waals surface area contributed by atoms with E-state index in [2.05, 4.69) is 0 Å². The van der Waals surface area contributed by atoms with Crippen LogP contribution in [0.4, 0.5) is 8.78 Å². The minimum absolute atomic E-state index is 0.341. The Morgan fingerprint density at radius 1 is 1.43 bits per heavy atom. The summed E-state index contributed by atoms with van der Waals surface area (Å²) in [5.74, 6) is -2.28. The molecule has 1 aromatic rings. The second-order valence-electron chi connectivity index (χ2n) is 5.47. The molecule has 1 fully saturated rings. The van der Waals surface area contributed by atoms with Crippen molar-refractivity contribution in [2.75, 3.05) is 13.6 Å². The lowest BCUT2D eigenvalue weighted by atomic mass is 10.1. The number of carbonyl (C=O) groups excluding carboxylic acids is 1. The van der Waals surface area contributed by atoms with E-state index in [1.54, 1.807) is 0 Å². The summed E-state index contributed by atoms with van der Waals surface area (Å²) in [7, 11) is -2.98. The molecule has 0 aliphatic heterocycles. The third-order valence-electron chi connectivity index (χ3n) is 3.67.